The molecule has 0 aliphatic carbocycles. The van der Waals surface area contributed by atoms with Gasteiger partial charge in [-0.25, -0.2) is 9.59 Å². The maximum absolute atomic E-state index is 13.0. The molecule has 0 saturated carbocycles. The van der Waals surface area contributed by atoms with Crippen LogP contribution < -0.4 is 0 Å². The maximum atomic E-state index is 13.0. The van der Waals surface area contributed by atoms with Gasteiger partial charge >= 0.3 is 18.0 Å². The van der Waals surface area contributed by atoms with E-state index in [0.29, 0.717) is 25.7 Å². The summed E-state index contributed by atoms with van der Waals surface area (Å²) in [4.78, 5) is 38.7. The van der Waals surface area contributed by atoms with Gasteiger partial charge in [0, 0.05) is 12.3 Å². The molecule has 0 radical (unpaired) electrons. The van der Waals surface area contributed by atoms with Crippen LogP contribution in [0.25, 0.3) is 0 Å². The molecule has 0 aromatic heterocycles. The van der Waals surface area contributed by atoms with Gasteiger partial charge < -0.3 is 14.2 Å². The molecule has 3 atom stereocenters. The third-order valence-electron chi connectivity index (χ3n) is 4.84. The van der Waals surface area contributed by atoms with Crippen molar-refractivity contribution in [1.82, 2.24) is 4.90 Å². The molecule has 0 N–H and O–H groups in total. The number of methoxy groups -OCH3 is 1. The number of ether oxygens (including phenoxy) is 3. The van der Waals surface area contributed by atoms with Gasteiger partial charge in [-0.1, -0.05) is 12.7 Å². The second kappa shape index (κ2) is 10.3. The number of likely N-dealkylation sites (tertiary alicyclic amines) is 1. The fourth-order valence-corrected chi connectivity index (χ4v) is 3.68. The predicted molar refractivity (Wildman–Crippen MR) is 109 cm³/mol. The van der Waals surface area contributed by atoms with Crippen molar-refractivity contribution < 1.29 is 28.6 Å². The molecule has 162 valence electrons. The van der Waals surface area contributed by atoms with Gasteiger partial charge in [-0.15, -0.1) is 12.3 Å². The molecule has 1 heterocycles. The molecular formula is C22H33NO6. The topological polar surface area (TPSA) is 82.1 Å². The van der Waals surface area contributed by atoms with Crippen molar-refractivity contribution in [3.8, 4) is 0 Å². The zero-order valence-electron chi connectivity index (χ0n) is 18.2. The summed E-state index contributed by atoms with van der Waals surface area (Å²) in [6.45, 7) is 13.8. The minimum Gasteiger partial charge on any atom is -0.467 e. The molecule has 2 unspecified atom stereocenters. The highest BCUT2D eigenvalue weighted by molar-refractivity contribution is 5.83. The van der Waals surface area contributed by atoms with Crippen molar-refractivity contribution >= 4 is 18.0 Å². The molecule has 7 nitrogen and oxygen atoms in total. The van der Waals surface area contributed by atoms with Crippen molar-refractivity contribution in [2.24, 2.45) is 5.41 Å². The van der Waals surface area contributed by atoms with Crippen molar-refractivity contribution in [3.05, 3.63) is 31.0 Å². The van der Waals surface area contributed by atoms with Gasteiger partial charge in [-0.3, -0.25) is 9.69 Å². The van der Waals surface area contributed by atoms with Crippen molar-refractivity contribution in [2.75, 3.05) is 7.11 Å². The normalized spacial score (nSPS) is 23.7. The van der Waals surface area contributed by atoms with E-state index in [4.69, 9.17) is 14.2 Å². The molecule has 0 spiro atoms. The first-order valence-electron chi connectivity index (χ1n) is 9.73. The van der Waals surface area contributed by atoms with Gasteiger partial charge in [0.25, 0.3) is 0 Å². The van der Waals surface area contributed by atoms with Gasteiger partial charge in [0.2, 0.25) is 0 Å². The third kappa shape index (κ3) is 6.50. The van der Waals surface area contributed by atoms with Gasteiger partial charge in [0.1, 0.15) is 11.6 Å². The second-order valence-electron chi connectivity index (χ2n) is 8.23. The van der Waals surface area contributed by atoms with E-state index in [9.17, 15) is 14.4 Å². The van der Waals surface area contributed by atoms with Crippen LogP contribution in [0.3, 0.4) is 0 Å². The van der Waals surface area contributed by atoms with Crippen LogP contribution in [0.15, 0.2) is 31.0 Å². The Bertz CT molecular complexity index is 673. The van der Waals surface area contributed by atoms with Crippen LogP contribution in [-0.2, 0) is 23.8 Å². The Hall–Kier alpha value is -2.53. The van der Waals surface area contributed by atoms with Gasteiger partial charge in [0.15, 0.2) is 6.23 Å². The van der Waals surface area contributed by atoms with E-state index in [1.807, 2.05) is 0 Å². The monoisotopic (exact) mass is 407 g/mol. The van der Waals surface area contributed by atoms with E-state index in [2.05, 4.69) is 18.9 Å². The SMILES string of the molecule is C=C=CCCC1(CCC=C)C[C@@H](C(=O)OC)N(C(=O)OC(C)(C)C)C1OC(C)=O. The van der Waals surface area contributed by atoms with Crippen molar-refractivity contribution in [3.63, 3.8) is 0 Å². The summed E-state index contributed by atoms with van der Waals surface area (Å²) >= 11 is 0. The number of amides is 1. The second-order valence-corrected chi connectivity index (χ2v) is 8.23. The molecular weight excluding hydrogens is 374 g/mol. The number of carbonyl (C=O) groups excluding carboxylic acids is 3. The maximum Gasteiger partial charge on any atom is 0.413 e. The lowest BCUT2D eigenvalue weighted by Gasteiger charge is -2.37. The van der Waals surface area contributed by atoms with Crippen LogP contribution in [0.4, 0.5) is 4.79 Å². The average Bonchev–Trinajstić information content (AvgIpc) is 2.92. The standard InChI is InChI=1S/C22H33NO6/c1-8-10-12-14-22(13-11-9-2)15-17(18(25)27-7)23(19(22)28-16(3)24)20(26)29-21(4,5)6/h9-10,17,19H,1-2,11-15H2,3-7H3/t17-,19?,22?/m0/s1. The molecule has 1 aliphatic rings. The molecule has 1 amide bonds. The molecule has 29 heavy (non-hydrogen) atoms. The van der Waals surface area contributed by atoms with Crippen LogP contribution >= 0.6 is 0 Å². The highest BCUT2D eigenvalue weighted by atomic mass is 16.6. The summed E-state index contributed by atoms with van der Waals surface area (Å²) in [5.74, 6) is -1.12. The Morgan fingerprint density at radius 3 is 2.34 bits per heavy atom. The molecule has 1 aliphatic heterocycles. The largest absolute Gasteiger partial charge is 0.467 e. The van der Waals surface area contributed by atoms with Gasteiger partial charge in [-0.2, -0.15) is 0 Å². The fraction of sp³-hybridized carbons (Fsp3) is 0.636. The number of hydrogen-bond acceptors (Lipinski definition) is 6. The van der Waals surface area contributed by atoms with Gasteiger partial charge in [-0.05, 0) is 59.0 Å². The van der Waals surface area contributed by atoms with E-state index in [1.54, 1.807) is 32.9 Å². The first-order valence-corrected chi connectivity index (χ1v) is 9.73. The average molecular weight is 408 g/mol. The zero-order valence-corrected chi connectivity index (χ0v) is 18.2. The Morgan fingerprint density at radius 2 is 1.86 bits per heavy atom. The van der Waals surface area contributed by atoms with Crippen molar-refractivity contribution in [2.45, 2.75) is 77.7 Å². The van der Waals surface area contributed by atoms with E-state index in [-0.39, 0.29) is 6.42 Å². The summed E-state index contributed by atoms with van der Waals surface area (Å²) < 4.78 is 16.1. The minimum absolute atomic E-state index is 0.287. The van der Waals surface area contributed by atoms with Crippen LogP contribution in [0.5, 0.6) is 0 Å². The number of hydrogen-bond donors (Lipinski definition) is 0. The minimum atomic E-state index is -0.961. The smallest absolute Gasteiger partial charge is 0.413 e. The Morgan fingerprint density at radius 1 is 1.24 bits per heavy atom. The molecule has 1 saturated heterocycles. The first-order chi connectivity index (χ1) is 13.5. The van der Waals surface area contributed by atoms with Crippen LogP contribution in [0, 0.1) is 5.41 Å². The zero-order chi connectivity index (χ0) is 22.2. The van der Waals surface area contributed by atoms with Crippen molar-refractivity contribution in [1.29, 1.82) is 0 Å². The van der Waals surface area contributed by atoms with Crippen LogP contribution in [0.1, 0.15) is 59.8 Å². The van der Waals surface area contributed by atoms with Crippen LogP contribution in [-0.4, -0.2) is 47.9 Å². The van der Waals surface area contributed by atoms with E-state index in [0.717, 1.165) is 0 Å². The summed E-state index contributed by atoms with van der Waals surface area (Å²) in [5, 5.41) is 0. The lowest BCUT2D eigenvalue weighted by Crippen LogP contribution is -2.51. The highest BCUT2D eigenvalue weighted by Gasteiger charge is 2.58. The lowest BCUT2D eigenvalue weighted by atomic mass is 9.75. The third-order valence-corrected chi connectivity index (χ3v) is 4.84. The number of esters is 2. The van der Waals surface area contributed by atoms with Gasteiger partial charge in [0.05, 0.1) is 7.11 Å². The Labute approximate surface area is 173 Å². The Balaban J connectivity index is 3.48. The summed E-state index contributed by atoms with van der Waals surface area (Å²) in [7, 11) is 1.26. The predicted octanol–water partition coefficient (Wildman–Crippen LogP) is 4.13. The van der Waals surface area contributed by atoms with E-state index < -0.39 is 41.3 Å². The summed E-state index contributed by atoms with van der Waals surface area (Å²) in [6, 6.07) is -0.920. The van der Waals surface area contributed by atoms with E-state index in [1.165, 1.54) is 18.9 Å². The molecule has 1 rings (SSSR count). The quantitative estimate of drug-likeness (QED) is 0.260. The number of carbonyl (C=O) groups is 3. The number of rotatable bonds is 8. The number of allylic oxidation sites excluding steroid dienone is 2. The highest BCUT2D eigenvalue weighted by Crippen LogP contribution is 2.49. The summed E-state index contributed by atoms with van der Waals surface area (Å²) in [6.07, 6.45) is 4.52. The molecule has 7 heteroatoms. The fourth-order valence-electron chi connectivity index (χ4n) is 3.68. The summed E-state index contributed by atoms with van der Waals surface area (Å²) in [5.41, 5.74) is 1.29. The number of nitrogens with zero attached hydrogens (tertiary/aromatic N) is 1. The Kier molecular flexibility index (Phi) is 8.71. The molecule has 0 aromatic rings. The van der Waals surface area contributed by atoms with E-state index >= 15 is 0 Å². The molecule has 1 fully saturated rings. The molecule has 0 bridgehead atoms. The first kappa shape index (κ1) is 24.5. The lowest BCUT2D eigenvalue weighted by molar-refractivity contribution is -0.167. The molecule has 0 aromatic carbocycles. The van der Waals surface area contributed by atoms with Crippen LogP contribution in [0.2, 0.25) is 0 Å².